The van der Waals surface area contributed by atoms with E-state index in [1.165, 1.54) is 39.1 Å². The Balaban J connectivity index is 1.82. The fourth-order valence-corrected chi connectivity index (χ4v) is 3.76. The number of likely N-dealkylation sites (N-methyl/N-ethyl adjacent to an activating group) is 1. The maximum Gasteiger partial charge on any atom is 0.0585 e. The molecule has 3 nitrogen and oxygen atoms in total. The van der Waals surface area contributed by atoms with Crippen molar-refractivity contribution in [3.63, 3.8) is 0 Å². The molecule has 2 aliphatic rings. The van der Waals surface area contributed by atoms with Gasteiger partial charge in [0.15, 0.2) is 0 Å². The molecule has 106 valence electrons. The van der Waals surface area contributed by atoms with E-state index in [9.17, 15) is 5.11 Å². The minimum absolute atomic E-state index is 0.0760. The highest BCUT2D eigenvalue weighted by Crippen LogP contribution is 2.34. The van der Waals surface area contributed by atoms with Gasteiger partial charge in [-0.05, 0) is 31.2 Å². The summed E-state index contributed by atoms with van der Waals surface area (Å²) in [4.78, 5) is 5.08. The van der Waals surface area contributed by atoms with Crippen LogP contribution in [0.5, 0.6) is 0 Å². The topological polar surface area (TPSA) is 26.7 Å². The molecular formula is C15H30N2O. The first-order valence-electron chi connectivity index (χ1n) is 7.73. The molecule has 1 N–H and O–H groups in total. The minimum Gasteiger partial charge on any atom is -0.393 e. The first-order valence-corrected chi connectivity index (χ1v) is 7.73. The SMILES string of the molecule is CCN1CCN(CC2C(C)CC(C)CC2O)CC1. The van der Waals surface area contributed by atoms with Gasteiger partial charge >= 0.3 is 0 Å². The van der Waals surface area contributed by atoms with E-state index >= 15 is 0 Å². The second-order valence-corrected chi connectivity index (χ2v) is 6.52. The normalized spacial score (nSPS) is 40.0. The third-order valence-corrected chi connectivity index (χ3v) is 5.02. The highest BCUT2D eigenvalue weighted by molar-refractivity contribution is 4.86. The van der Waals surface area contributed by atoms with Gasteiger partial charge in [0.1, 0.15) is 0 Å². The van der Waals surface area contributed by atoms with E-state index in [1.54, 1.807) is 0 Å². The van der Waals surface area contributed by atoms with Crippen LogP contribution in [0.4, 0.5) is 0 Å². The molecule has 1 aliphatic carbocycles. The Hall–Kier alpha value is -0.120. The third-order valence-electron chi connectivity index (χ3n) is 5.02. The van der Waals surface area contributed by atoms with Gasteiger partial charge in [0.05, 0.1) is 6.10 Å². The van der Waals surface area contributed by atoms with Crippen LogP contribution in [-0.2, 0) is 0 Å². The minimum atomic E-state index is -0.0760. The average Bonchev–Trinajstić information content (AvgIpc) is 2.34. The van der Waals surface area contributed by atoms with E-state index in [4.69, 9.17) is 0 Å². The van der Waals surface area contributed by atoms with Gasteiger partial charge in [0, 0.05) is 38.6 Å². The largest absolute Gasteiger partial charge is 0.393 e. The number of nitrogens with zero attached hydrogens (tertiary/aromatic N) is 2. The lowest BCUT2D eigenvalue weighted by Crippen LogP contribution is -2.50. The third kappa shape index (κ3) is 3.46. The van der Waals surface area contributed by atoms with E-state index in [0.717, 1.165) is 13.0 Å². The van der Waals surface area contributed by atoms with Crippen LogP contribution in [0, 0.1) is 17.8 Å². The number of hydrogen-bond acceptors (Lipinski definition) is 3. The van der Waals surface area contributed by atoms with Crippen molar-refractivity contribution in [1.29, 1.82) is 0 Å². The van der Waals surface area contributed by atoms with Crippen LogP contribution < -0.4 is 0 Å². The van der Waals surface area contributed by atoms with Crippen LogP contribution in [-0.4, -0.2) is 60.3 Å². The van der Waals surface area contributed by atoms with Crippen LogP contribution >= 0.6 is 0 Å². The predicted molar refractivity (Wildman–Crippen MR) is 75.6 cm³/mol. The maximum absolute atomic E-state index is 10.3. The van der Waals surface area contributed by atoms with Gasteiger partial charge in [-0.2, -0.15) is 0 Å². The molecule has 1 saturated carbocycles. The number of rotatable bonds is 3. The van der Waals surface area contributed by atoms with Crippen molar-refractivity contribution in [2.24, 2.45) is 17.8 Å². The zero-order valence-electron chi connectivity index (χ0n) is 12.3. The summed E-state index contributed by atoms with van der Waals surface area (Å²) >= 11 is 0. The maximum atomic E-state index is 10.3. The Kier molecular flexibility index (Phi) is 5.05. The number of hydrogen-bond donors (Lipinski definition) is 1. The molecule has 2 fully saturated rings. The van der Waals surface area contributed by atoms with Gasteiger partial charge in [0.25, 0.3) is 0 Å². The molecule has 1 heterocycles. The summed E-state index contributed by atoms with van der Waals surface area (Å²) in [6.07, 6.45) is 2.22. The lowest BCUT2D eigenvalue weighted by molar-refractivity contribution is -0.00930. The Labute approximate surface area is 112 Å². The van der Waals surface area contributed by atoms with Gasteiger partial charge in [-0.1, -0.05) is 20.8 Å². The van der Waals surface area contributed by atoms with E-state index in [0.29, 0.717) is 17.8 Å². The molecule has 0 spiro atoms. The van der Waals surface area contributed by atoms with Gasteiger partial charge in [0.2, 0.25) is 0 Å². The van der Waals surface area contributed by atoms with Gasteiger partial charge < -0.3 is 14.9 Å². The molecule has 1 aliphatic heterocycles. The molecule has 18 heavy (non-hydrogen) atoms. The van der Waals surface area contributed by atoms with Crippen molar-refractivity contribution < 1.29 is 5.11 Å². The monoisotopic (exact) mass is 254 g/mol. The lowest BCUT2D eigenvalue weighted by Gasteiger charge is -2.42. The van der Waals surface area contributed by atoms with Crippen molar-refractivity contribution >= 4 is 0 Å². The molecule has 0 aromatic carbocycles. The second kappa shape index (κ2) is 6.36. The van der Waals surface area contributed by atoms with Gasteiger partial charge in [-0.15, -0.1) is 0 Å². The van der Waals surface area contributed by atoms with Crippen LogP contribution in [0.3, 0.4) is 0 Å². The predicted octanol–water partition coefficient (Wildman–Crippen LogP) is 1.67. The molecule has 0 amide bonds. The quantitative estimate of drug-likeness (QED) is 0.830. The molecule has 4 atom stereocenters. The van der Waals surface area contributed by atoms with Crippen molar-refractivity contribution in [1.82, 2.24) is 9.80 Å². The van der Waals surface area contributed by atoms with Crippen LogP contribution in [0.1, 0.15) is 33.6 Å². The molecular weight excluding hydrogens is 224 g/mol. The molecule has 0 radical (unpaired) electrons. The Morgan fingerprint density at radius 2 is 1.61 bits per heavy atom. The molecule has 3 heteroatoms. The second-order valence-electron chi connectivity index (χ2n) is 6.52. The van der Waals surface area contributed by atoms with Crippen LogP contribution in [0.2, 0.25) is 0 Å². The van der Waals surface area contributed by atoms with Crippen molar-refractivity contribution in [3.8, 4) is 0 Å². The van der Waals surface area contributed by atoms with Crippen molar-refractivity contribution in [3.05, 3.63) is 0 Å². The van der Waals surface area contributed by atoms with Crippen LogP contribution in [0.25, 0.3) is 0 Å². The lowest BCUT2D eigenvalue weighted by atomic mass is 9.73. The molecule has 0 aromatic heterocycles. The molecule has 0 bridgehead atoms. The molecule has 2 rings (SSSR count). The first kappa shape index (κ1) is 14.3. The zero-order chi connectivity index (χ0) is 13.1. The summed E-state index contributed by atoms with van der Waals surface area (Å²) < 4.78 is 0. The number of aliphatic hydroxyl groups is 1. The van der Waals surface area contributed by atoms with Gasteiger partial charge in [-0.25, -0.2) is 0 Å². The summed E-state index contributed by atoms with van der Waals surface area (Å²) in [5.41, 5.74) is 0. The molecule has 1 saturated heterocycles. The Morgan fingerprint density at radius 1 is 1.00 bits per heavy atom. The van der Waals surface area contributed by atoms with E-state index in [1.807, 2.05) is 0 Å². The fraction of sp³-hybridized carbons (Fsp3) is 1.00. The zero-order valence-corrected chi connectivity index (χ0v) is 12.3. The average molecular weight is 254 g/mol. The molecule has 0 aromatic rings. The number of aliphatic hydroxyl groups excluding tert-OH is 1. The molecule has 4 unspecified atom stereocenters. The van der Waals surface area contributed by atoms with E-state index < -0.39 is 0 Å². The number of piperazine rings is 1. The fourth-order valence-electron chi connectivity index (χ4n) is 3.76. The van der Waals surface area contributed by atoms with E-state index in [-0.39, 0.29) is 6.10 Å². The standard InChI is InChI=1S/C15H30N2O/c1-4-16-5-7-17(8-6-16)11-14-13(3)9-12(2)10-15(14)18/h12-15,18H,4-11H2,1-3H3. The Bertz CT molecular complexity index is 239. The Morgan fingerprint density at radius 3 is 2.17 bits per heavy atom. The van der Waals surface area contributed by atoms with Crippen LogP contribution in [0.15, 0.2) is 0 Å². The van der Waals surface area contributed by atoms with Crippen molar-refractivity contribution in [2.75, 3.05) is 39.3 Å². The van der Waals surface area contributed by atoms with Gasteiger partial charge in [-0.3, -0.25) is 0 Å². The summed E-state index contributed by atoms with van der Waals surface area (Å²) in [5.74, 6) is 1.87. The smallest absolute Gasteiger partial charge is 0.0585 e. The summed E-state index contributed by atoms with van der Waals surface area (Å²) in [5, 5.41) is 10.3. The van der Waals surface area contributed by atoms with Crippen molar-refractivity contribution in [2.45, 2.75) is 39.7 Å². The summed E-state index contributed by atoms with van der Waals surface area (Å²) in [6.45, 7) is 13.9. The summed E-state index contributed by atoms with van der Waals surface area (Å²) in [6, 6.07) is 0. The van der Waals surface area contributed by atoms with E-state index in [2.05, 4.69) is 30.6 Å². The first-order chi connectivity index (χ1) is 8.60. The highest BCUT2D eigenvalue weighted by Gasteiger charge is 2.34. The summed E-state index contributed by atoms with van der Waals surface area (Å²) in [7, 11) is 0. The highest BCUT2D eigenvalue weighted by atomic mass is 16.3.